The van der Waals surface area contributed by atoms with Gasteiger partial charge in [0.25, 0.3) is 0 Å². The van der Waals surface area contributed by atoms with Crippen LogP contribution in [0.3, 0.4) is 0 Å². The highest BCUT2D eigenvalue weighted by Crippen LogP contribution is 2.28. The van der Waals surface area contributed by atoms with Crippen LogP contribution in [0.5, 0.6) is 0 Å². The maximum atomic E-state index is 4.85. The Morgan fingerprint density at radius 3 is 2.91 bits per heavy atom. The first-order valence-electron chi connectivity index (χ1n) is 8.36. The molecular weight excluding hydrogens is 286 g/mol. The molecule has 0 aromatic carbocycles. The Hall–Kier alpha value is -2.14. The Balaban J connectivity index is 1.74. The number of nitrogens with one attached hydrogen (secondary N) is 1. The molecule has 4 rings (SSSR count). The van der Waals surface area contributed by atoms with Crippen LogP contribution >= 0.6 is 0 Å². The summed E-state index contributed by atoms with van der Waals surface area (Å²) in [5.41, 5.74) is 5.56. The van der Waals surface area contributed by atoms with E-state index in [0.29, 0.717) is 5.92 Å². The Morgan fingerprint density at radius 2 is 2.17 bits per heavy atom. The maximum Gasteiger partial charge on any atom is 0.154 e. The summed E-state index contributed by atoms with van der Waals surface area (Å²) in [6.45, 7) is 9.92. The van der Waals surface area contributed by atoms with E-state index < -0.39 is 0 Å². The van der Waals surface area contributed by atoms with Crippen molar-refractivity contribution in [1.29, 1.82) is 0 Å². The topological polar surface area (TPSA) is 49.2 Å². The van der Waals surface area contributed by atoms with Crippen LogP contribution in [-0.4, -0.2) is 43.9 Å². The minimum absolute atomic E-state index is 0.715. The molecule has 0 amide bonds. The van der Waals surface area contributed by atoms with Crippen molar-refractivity contribution in [3.05, 3.63) is 36.1 Å². The number of aryl methyl sites for hydroxylation is 1. The fourth-order valence-corrected chi connectivity index (χ4v) is 3.58. The third-order valence-corrected chi connectivity index (χ3v) is 4.56. The second kappa shape index (κ2) is 5.49. The van der Waals surface area contributed by atoms with E-state index in [1.807, 2.05) is 12.4 Å². The van der Waals surface area contributed by atoms with Gasteiger partial charge in [-0.3, -0.25) is 9.30 Å². The highest BCUT2D eigenvalue weighted by Gasteiger charge is 2.19. The molecular formula is C18H23N5. The van der Waals surface area contributed by atoms with E-state index in [1.54, 1.807) is 0 Å². The number of imidazole rings is 1. The molecule has 0 unspecified atom stereocenters. The number of aromatic amines is 1. The monoisotopic (exact) mass is 309 g/mol. The number of nitrogens with zero attached hydrogens (tertiary/aromatic N) is 4. The van der Waals surface area contributed by atoms with Crippen molar-refractivity contribution < 1.29 is 0 Å². The van der Waals surface area contributed by atoms with Crippen LogP contribution in [-0.2, 0) is 0 Å². The smallest absolute Gasteiger partial charge is 0.154 e. The molecule has 0 aliphatic carbocycles. The van der Waals surface area contributed by atoms with Crippen molar-refractivity contribution in [1.82, 2.24) is 24.3 Å². The van der Waals surface area contributed by atoms with Gasteiger partial charge in [-0.2, -0.15) is 0 Å². The number of fused-ring (bicyclic) bond motifs is 3. The quantitative estimate of drug-likeness (QED) is 0.808. The Kier molecular flexibility index (Phi) is 3.45. The molecule has 23 heavy (non-hydrogen) atoms. The zero-order valence-corrected chi connectivity index (χ0v) is 14.0. The molecule has 0 fully saturated rings. The summed E-state index contributed by atoms with van der Waals surface area (Å²) in [6.07, 6.45) is 7.27. The molecule has 0 atom stereocenters. The van der Waals surface area contributed by atoms with Crippen LogP contribution in [0.1, 0.15) is 31.8 Å². The van der Waals surface area contributed by atoms with Gasteiger partial charge in [-0.1, -0.05) is 19.9 Å². The molecule has 0 spiro atoms. The van der Waals surface area contributed by atoms with Gasteiger partial charge in [0.1, 0.15) is 5.82 Å². The molecule has 4 heterocycles. The second-order valence-corrected chi connectivity index (χ2v) is 6.83. The van der Waals surface area contributed by atoms with E-state index in [-0.39, 0.29) is 0 Å². The lowest BCUT2D eigenvalue weighted by Crippen LogP contribution is -2.31. The highest BCUT2D eigenvalue weighted by molar-refractivity contribution is 5.82. The van der Waals surface area contributed by atoms with Crippen molar-refractivity contribution in [2.24, 2.45) is 5.92 Å². The zero-order valence-electron chi connectivity index (χ0n) is 14.0. The summed E-state index contributed by atoms with van der Waals surface area (Å²) < 4.78 is 2.20. The molecule has 5 nitrogen and oxygen atoms in total. The van der Waals surface area contributed by atoms with Crippen LogP contribution in [0.2, 0.25) is 0 Å². The van der Waals surface area contributed by atoms with Gasteiger partial charge in [-0.25, -0.2) is 9.97 Å². The minimum Gasteiger partial charge on any atom is -0.345 e. The molecule has 1 aliphatic heterocycles. The first kappa shape index (κ1) is 14.5. The van der Waals surface area contributed by atoms with Gasteiger partial charge in [0.2, 0.25) is 0 Å². The van der Waals surface area contributed by atoms with Crippen LogP contribution in [0.25, 0.3) is 22.3 Å². The standard InChI is InChI=1S/C18H23N5/c1-12(2)11-22-8-5-14(6-9-22)17-16-10-20-18-15(4-7-19-18)23(16)13(3)21-17/h4-5,7,10,12,19H,6,8-9,11H2,1-3H3. The molecule has 0 radical (unpaired) electrons. The second-order valence-electron chi connectivity index (χ2n) is 6.83. The molecule has 3 aromatic heterocycles. The van der Waals surface area contributed by atoms with Crippen molar-refractivity contribution in [2.75, 3.05) is 19.6 Å². The van der Waals surface area contributed by atoms with Crippen molar-refractivity contribution >= 4 is 22.3 Å². The summed E-state index contributed by atoms with van der Waals surface area (Å²) in [5, 5.41) is 0. The van der Waals surface area contributed by atoms with E-state index in [2.05, 4.69) is 52.2 Å². The molecule has 1 N–H and O–H groups in total. The van der Waals surface area contributed by atoms with Gasteiger partial charge in [-0.05, 0) is 30.9 Å². The van der Waals surface area contributed by atoms with Crippen LogP contribution in [0.15, 0.2) is 24.5 Å². The van der Waals surface area contributed by atoms with Gasteiger partial charge in [-0.15, -0.1) is 0 Å². The van der Waals surface area contributed by atoms with E-state index in [0.717, 1.165) is 54.3 Å². The first-order chi connectivity index (χ1) is 11.1. The SMILES string of the molecule is Cc1nc(C2=CCN(CC(C)C)CC2)c2cnc3[nH]ccc3n12. The molecule has 120 valence electrons. The third-order valence-electron chi connectivity index (χ3n) is 4.56. The van der Waals surface area contributed by atoms with Gasteiger partial charge in [0.15, 0.2) is 5.65 Å². The van der Waals surface area contributed by atoms with Gasteiger partial charge < -0.3 is 4.98 Å². The van der Waals surface area contributed by atoms with Crippen molar-refractivity contribution in [3.63, 3.8) is 0 Å². The molecule has 0 saturated heterocycles. The molecule has 0 bridgehead atoms. The lowest BCUT2D eigenvalue weighted by atomic mass is 10.0. The Morgan fingerprint density at radius 1 is 1.30 bits per heavy atom. The lowest BCUT2D eigenvalue weighted by molar-refractivity contribution is 0.268. The van der Waals surface area contributed by atoms with Crippen LogP contribution in [0, 0.1) is 12.8 Å². The summed E-state index contributed by atoms with van der Waals surface area (Å²) in [7, 11) is 0. The van der Waals surface area contributed by atoms with Crippen molar-refractivity contribution in [2.45, 2.75) is 27.2 Å². The van der Waals surface area contributed by atoms with Gasteiger partial charge in [0.05, 0.1) is 22.9 Å². The number of H-pyrrole nitrogens is 1. The normalized spacial score (nSPS) is 16.6. The number of rotatable bonds is 3. The Bertz CT molecular complexity index is 883. The predicted octanol–water partition coefficient (Wildman–Crippen LogP) is 3.26. The van der Waals surface area contributed by atoms with Crippen molar-refractivity contribution in [3.8, 4) is 0 Å². The van der Waals surface area contributed by atoms with Gasteiger partial charge in [0, 0.05) is 25.8 Å². The summed E-state index contributed by atoms with van der Waals surface area (Å²) >= 11 is 0. The molecule has 3 aromatic rings. The Labute approximate surface area is 136 Å². The molecule has 1 aliphatic rings. The number of hydrogen-bond acceptors (Lipinski definition) is 3. The van der Waals surface area contributed by atoms with E-state index in [4.69, 9.17) is 4.98 Å². The average molecular weight is 309 g/mol. The maximum absolute atomic E-state index is 4.85. The lowest BCUT2D eigenvalue weighted by Gasteiger charge is -2.27. The van der Waals surface area contributed by atoms with E-state index in [9.17, 15) is 0 Å². The highest BCUT2D eigenvalue weighted by atomic mass is 15.1. The van der Waals surface area contributed by atoms with E-state index in [1.165, 1.54) is 5.57 Å². The molecule has 0 saturated carbocycles. The zero-order chi connectivity index (χ0) is 16.0. The summed E-state index contributed by atoms with van der Waals surface area (Å²) in [5.74, 6) is 1.74. The average Bonchev–Trinajstić information content (AvgIpc) is 3.11. The minimum atomic E-state index is 0.715. The van der Waals surface area contributed by atoms with Crippen LogP contribution in [0.4, 0.5) is 0 Å². The predicted molar refractivity (Wildman–Crippen MR) is 93.5 cm³/mol. The fraction of sp³-hybridized carbons (Fsp3) is 0.444. The van der Waals surface area contributed by atoms with Gasteiger partial charge >= 0.3 is 0 Å². The molecule has 5 heteroatoms. The first-order valence-corrected chi connectivity index (χ1v) is 8.36. The third kappa shape index (κ3) is 2.45. The fourth-order valence-electron chi connectivity index (χ4n) is 3.58. The largest absolute Gasteiger partial charge is 0.345 e. The summed E-state index contributed by atoms with van der Waals surface area (Å²) in [6, 6.07) is 2.06. The number of aromatic nitrogens is 4. The van der Waals surface area contributed by atoms with Crippen LogP contribution < -0.4 is 0 Å². The van der Waals surface area contributed by atoms with E-state index >= 15 is 0 Å². The number of hydrogen-bond donors (Lipinski definition) is 1. The summed E-state index contributed by atoms with van der Waals surface area (Å²) in [4.78, 5) is 15.1.